The Balaban J connectivity index is 1.38. The van der Waals surface area contributed by atoms with Gasteiger partial charge in [-0.1, -0.05) is 60.7 Å². The van der Waals surface area contributed by atoms with Gasteiger partial charge in [-0.15, -0.1) is 0 Å². The number of para-hydroxylation sites is 2. The molecule has 0 aromatic heterocycles. The first-order valence-corrected chi connectivity index (χ1v) is 9.82. The minimum Gasteiger partial charge on any atom is -0.397 e. The summed E-state index contributed by atoms with van der Waals surface area (Å²) in [5.74, 6) is -0.215. The highest BCUT2D eigenvalue weighted by molar-refractivity contribution is 6.03. The van der Waals surface area contributed by atoms with E-state index in [-0.39, 0.29) is 5.91 Å². The van der Waals surface area contributed by atoms with Gasteiger partial charge >= 0.3 is 0 Å². The molecule has 4 heteroatoms. The molecule has 0 unspecified atom stereocenters. The molecule has 0 radical (unpaired) electrons. The molecule has 0 bridgehead atoms. The summed E-state index contributed by atoms with van der Waals surface area (Å²) >= 11 is 0. The zero-order valence-electron chi connectivity index (χ0n) is 16.5. The topological polar surface area (TPSA) is 67.1 Å². The van der Waals surface area contributed by atoms with E-state index >= 15 is 0 Å². The molecule has 1 amide bonds. The van der Waals surface area contributed by atoms with Gasteiger partial charge in [0, 0.05) is 18.3 Å². The molecule has 0 aliphatic rings. The summed E-state index contributed by atoms with van der Waals surface area (Å²) < 4.78 is 0. The van der Waals surface area contributed by atoms with Crippen molar-refractivity contribution in [1.82, 2.24) is 0 Å². The first-order chi connectivity index (χ1) is 14.7. The van der Waals surface area contributed by atoms with E-state index in [9.17, 15) is 4.79 Å². The third-order valence-corrected chi connectivity index (χ3v) is 4.84. The minimum atomic E-state index is -0.215. The molecule has 30 heavy (non-hydrogen) atoms. The Hall–Kier alpha value is -4.05. The number of amides is 1. The summed E-state index contributed by atoms with van der Waals surface area (Å²) in [6, 6.07) is 30.0. The summed E-state index contributed by atoms with van der Waals surface area (Å²) in [6.07, 6.45) is 3.32. The van der Waals surface area contributed by atoms with Crippen LogP contribution >= 0.6 is 0 Å². The maximum Gasteiger partial charge on any atom is 0.248 e. The Morgan fingerprint density at radius 2 is 1.63 bits per heavy atom. The lowest BCUT2D eigenvalue weighted by Gasteiger charge is -2.09. The van der Waals surface area contributed by atoms with Crippen LogP contribution in [-0.4, -0.2) is 5.91 Å². The molecule has 0 saturated carbocycles. The highest BCUT2D eigenvalue weighted by Gasteiger charge is 2.02. The van der Waals surface area contributed by atoms with Gasteiger partial charge in [0.1, 0.15) is 0 Å². The predicted molar refractivity (Wildman–Crippen MR) is 126 cm³/mol. The molecule has 0 heterocycles. The second kappa shape index (κ2) is 8.97. The number of anilines is 3. The van der Waals surface area contributed by atoms with Crippen molar-refractivity contribution in [3.63, 3.8) is 0 Å². The monoisotopic (exact) mass is 393 g/mol. The van der Waals surface area contributed by atoms with Crippen molar-refractivity contribution >= 4 is 39.8 Å². The van der Waals surface area contributed by atoms with E-state index in [1.165, 1.54) is 16.8 Å². The van der Waals surface area contributed by atoms with Crippen molar-refractivity contribution in [2.75, 3.05) is 16.4 Å². The molecular formula is C26H23N3O. The molecule has 4 rings (SSSR count). The molecule has 0 aliphatic heterocycles. The van der Waals surface area contributed by atoms with Crippen LogP contribution in [0.2, 0.25) is 0 Å². The quantitative estimate of drug-likeness (QED) is 0.291. The highest BCUT2D eigenvalue weighted by Crippen LogP contribution is 2.20. The highest BCUT2D eigenvalue weighted by atomic mass is 16.1. The van der Waals surface area contributed by atoms with Crippen LogP contribution < -0.4 is 16.4 Å². The standard InChI is InChI=1S/C26H23N3O/c27-24-10-3-4-11-25(24)29-26(30)15-12-19-6-5-7-20(16-19)18-28-23-14-13-21-8-1-2-9-22(21)17-23/h1-17,28H,18,27H2,(H,29,30)/b15-12+. The van der Waals surface area contributed by atoms with E-state index in [1.54, 1.807) is 18.2 Å². The van der Waals surface area contributed by atoms with Crippen molar-refractivity contribution < 1.29 is 4.79 Å². The molecule has 0 fully saturated rings. The predicted octanol–water partition coefficient (Wildman–Crippen LogP) is 5.69. The third kappa shape index (κ3) is 4.86. The molecule has 4 nitrogen and oxygen atoms in total. The number of hydrogen-bond donors (Lipinski definition) is 3. The number of nitrogens with one attached hydrogen (secondary N) is 2. The number of nitrogen functional groups attached to an aromatic ring is 1. The van der Waals surface area contributed by atoms with Crippen molar-refractivity contribution in [2.45, 2.75) is 6.54 Å². The summed E-state index contributed by atoms with van der Waals surface area (Å²) in [6.45, 7) is 0.701. The van der Waals surface area contributed by atoms with Crippen molar-refractivity contribution in [1.29, 1.82) is 0 Å². The fourth-order valence-corrected chi connectivity index (χ4v) is 3.27. The van der Waals surface area contributed by atoms with Gasteiger partial charge < -0.3 is 16.4 Å². The molecule has 4 N–H and O–H groups in total. The average Bonchev–Trinajstić information content (AvgIpc) is 2.78. The van der Waals surface area contributed by atoms with Gasteiger partial charge in [-0.3, -0.25) is 4.79 Å². The first-order valence-electron chi connectivity index (χ1n) is 9.82. The Labute approximate surface area is 176 Å². The van der Waals surface area contributed by atoms with Gasteiger partial charge in [-0.05, 0) is 58.3 Å². The van der Waals surface area contributed by atoms with E-state index in [2.05, 4.69) is 53.1 Å². The van der Waals surface area contributed by atoms with Gasteiger partial charge in [0.2, 0.25) is 5.91 Å². The van der Waals surface area contributed by atoms with Crippen LogP contribution in [0.4, 0.5) is 17.1 Å². The van der Waals surface area contributed by atoms with E-state index < -0.39 is 0 Å². The maximum absolute atomic E-state index is 12.2. The van der Waals surface area contributed by atoms with Gasteiger partial charge in [-0.25, -0.2) is 0 Å². The molecule has 4 aromatic rings. The van der Waals surface area contributed by atoms with Gasteiger partial charge in [-0.2, -0.15) is 0 Å². The summed E-state index contributed by atoms with van der Waals surface area (Å²) in [4.78, 5) is 12.2. The number of carbonyl (C=O) groups is 1. The largest absolute Gasteiger partial charge is 0.397 e. The third-order valence-electron chi connectivity index (χ3n) is 4.84. The van der Waals surface area contributed by atoms with E-state index in [4.69, 9.17) is 5.73 Å². The van der Waals surface area contributed by atoms with Crippen LogP contribution in [0.1, 0.15) is 11.1 Å². The van der Waals surface area contributed by atoms with E-state index in [0.717, 1.165) is 16.8 Å². The fraction of sp³-hybridized carbons (Fsp3) is 0.0385. The summed E-state index contributed by atoms with van der Waals surface area (Å²) in [7, 11) is 0. The number of fused-ring (bicyclic) bond motifs is 1. The maximum atomic E-state index is 12.2. The Kier molecular flexibility index (Phi) is 5.76. The molecule has 0 spiro atoms. The van der Waals surface area contributed by atoms with E-state index in [0.29, 0.717) is 17.9 Å². The molecule has 0 aliphatic carbocycles. The van der Waals surface area contributed by atoms with Crippen LogP contribution in [0.3, 0.4) is 0 Å². The number of hydrogen-bond acceptors (Lipinski definition) is 3. The Morgan fingerprint density at radius 3 is 2.50 bits per heavy atom. The second-order valence-corrected chi connectivity index (χ2v) is 7.07. The van der Waals surface area contributed by atoms with Gasteiger partial charge in [0.15, 0.2) is 0 Å². The second-order valence-electron chi connectivity index (χ2n) is 7.07. The van der Waals surface area contributed by atoms with E-state index in [1.807, 2.05) is 36.4 Å². The van der Waals surface area contributed by atoms with Crippen LogP contribution in [0, 0.1) is 0 Å². The molecule has 148 valence electrons. The van der Waals surface area contributed by atoms with Gasteiger partial charge in [0.25, 0.3) is 0 Å². The summed E-state index contributed by atoms with van der Waals surface area (Å²) in [5.41, 5.74) is 10.2. The lowest BCUT2D eigenvalue weighted by Crippen LogP contribution is -2.09. The van der Waals surface area contributed by atoms with Crippen molar-refractivity contribution in [3.05, 3.63) is 108 Å². The average molecular weight is 393 g/mol. The van der Waals surface area contributed by atoms with Gasteiger partial charge in [0.05, 0.1) is 11.4 Å². The molecular weight excluding hydrogens is 370 g/mol. The van der Waals surface area contributed by atoms with Crippen molar-refractivity contribution in [3.8, 4) is 0 Å². The van der Waals surface area contributed by atoms with Crippen LogP contribution in [0.5, 0.6) is 0 Å². The Bertz CT molecular complexity index is 1210. The molecule has 0 atom stereocenters. The lowest BCUT2D eigenvalue weighted by molar-refractivity contribution is -0.111. The zero-order chi connectivity index (χ0) is 20.8. The summed E-state index contributed by atoms with van der Waals surface area (Å²) in [5, 5.41) is 8.70. The minimum absolute atomic E-state index is 0.215. The zero-order valence-corrected chi connectivity index (χ0v) is 16.5. The number of carbonyl (C=O) groups excluding carboxylic acids is 1. The lowest BCUT2D eigenvalue weighted by atomic mass is 10.1. The van der Waals surface area contributed by atoms with Crippen molar-refractivity contribution in [2.24, 2.45) is 0 Å². The number of rotatable bonds is 6. The number of benzene rings is 4. The Morgan fingerprint density at radius 1 is 0.833 bits per heavy atom. The SMILES string of the molecule is Nc1ccccc1NC(=O)/C=C/c1cccc(CNc2ccc3ccccc3c2)c1. The first kappa shape index (κ1) is 19.3. The molecule has 0 saturated heterocycles. The smallest absolute Gasteiger partial charge is 0.248 e. The number of nitrogens with two attached hydrogens (primary N) is 1. The van der Waals surface area contributed by atoms with Crippen LogP contribution in [0.25, 0.3) is 16.8 Å². The molecule has 4 aromatic carbocycles. The van der Waals surface area contributed by atoms with Crippen LogP contribution in [0.15, 0.2) is 97.1 Å². The van der Waals surface area contributed by atoms with Crippen LogP contribution in [-0.2, 0) is 11.3 Å². The normalized spacial score (nSPS) is 10.9. The fourth-order valence-electron chi connectivity index (χ4n) is 3.27.